The summed E-state index contributed by atoms with van der Waals surface area (Å²) >= 11 is 0. The lowest BCUT2D eigenvalue weighted by Gasteiger charge is -2.01. The van der Waals surface area contributed by atoms with Crippen LogP contribution in [0.25, 0.3) is 10.9 Å². The summed E-state index contributed by atoms with van der Waals surface area (Å²) in [6, 6.07) is 8.29. The standard InChI is InChI=1S/C13H14N4O/c1-2-4-12-11(3-1)10(8-15-12)7-14-6-5-13-16-9-17-18-13/h1-4,8-9,14-15H,5-7H2. The second-order valence-electron chi connectivity index (χ2n) is 4.12. The second-order valence-corrected chi connectivity index (χ2v) is 4.12. The van der Waals surface area contributed by atoms with Crippen LogP contribution in [0.2, 0.25) is 0 Å². The lowest BCUT2D eigenvalue weighted by Crippen LogP contribution is -2.16. The Hall–Kier alpha value is -2.14. The minimum atomic E-state index is 0.668. The van der Waals surface area contributed by atoms with Crippen molar-refractivity contribution in [1.29, 1.82) is 0 Å². The predicted molar refractivity (Wildman–Crippen MR) is 68.0 cm³/mol. The molecule has 1 aromatic carbocycles. The van der Waals surface area contributed by atoms with Crippen LogP contribution >= 0.6 is 0 Å². The van der Waals surface area contributed by atoms with E-state index in [4.69, 9.17) is 4.52 Å². The van der Waals surface area contributed by atoms with E-state index in [0.29, 0.717) is 5.89 Å². The maximum atomic E-state index is 4.93. The Kier molecular flexibility index (Phi) is 3.06. The molecular formula is C13H14N4O. The third-order valence-electron chi connectivity index (χ3n) is 2.91. The molecule has 0 amide bonds. The molecule has 0 aliphatic carbocycles. The number of hydrogen-bond donors (Lipinski definition) is 2. The molecule has 3 aromatic rings. The van der Waals surface area contributed by atoms with Gasteiger partial charge in [0, 0.05) is 36.6 Å². The lowest BCUT2D eigenvalue weighted by molar-refractivity contribution is 0.375. The first-order valence-corrected chi connectivity index (χ1v) is 5.95. The number of nitrogens with one attached hydrogen (secondary N) is 2. The van der Waals surface area contributed by atoms with Crippen molar-refractivity contribution in [3.8, 4) is 0 Å². The summed E-state index contributed by atoms with van der Waals surface area (Å²) in [6.07, 6.45) is 4.22. The Bertz CT molecular complexity index is 615. The Labute approximate surface area is 104 Å². The van der Waals surface area contributed by atoms with Crippen molar-refractivity contribution in [3.63, 3.8) is 0 Å². The number of aromatic nitrogens is 3. The van der Waals surface area contributed by atoms with Gasteiger partial charge >= 0.3 is 0 Å². The molecule has 0 fully saturated rings. The van der Waals surface area contributed by atoms with Crippen molar-refractivity contribution < 1.29 is 4.52 Å². The number of para-hydroxylation sites is 1. The molecule has 0 aliphatic rings. The van der Waals surface area contributed by atoms with Crippen LogP contribution in [0, 0.1) is 0 Å². The normalized spacial score (nSPS) is 11.1. The van der Waals surface area contributed by atoms with Crippen LogP contribution in [0.15, 0.2) is 41.3 Å². The maximum Gasteiger partial charge on any atom is 0.227 e. The molecule has 0 saturated carbocycles. The summed E-state index contributed by atoms with van der Waals surface area (Å²) in [6.45, 7) is 1.65. The van der Waals surface area contributed by atoms with Crippen LogP contribution in [-0.2, 0) is 13.0 Å². The van der Waals surface area contributed by atoms with Gasteiger partial charge < -0.3 is 14.8 Å². The third kappa shape index (κ3) is 2.26. The number of fused-ring (bicyclic) bond motifs is 1. The Morgan fingerprint density at radius 1 is 1.28 bits per heavy atom. The first-order chi connectivity index (χ1) is 8.93. The van der Waals surface area contributed by atoms with Crippen molar-refractivity contribution in [3.05, 3.63) is 48.2 Å². The topological polar surface area (TPSA) is 66.7 Å². The molecule has 2 heterocycles. The highest BCUT2D eigenvalue weighted by Crippen LogP contribution is 2.17. The van der Waals surface area contributed by atoms with Crippen LogP contribution in [0.5, 0.6) is 0 Å². The SMILES string of the molecule is c1ccc2c(CNCCc3ncno3)c[nH]c2c1. The van der Waals surface area contributed by atoms with E-state index in [1.165, 1.54) is 22.8 Å². The van der Waals surface area contributed by atoms with Crippen LogP contribution in [0.3, 0.4) is 0 Å². The first kappa shape index (κ1) is 11.0. The van der Waals surface area contributed by atoms with Gasteiger partial charge in [0.1, 0.15) is 0 Å². The van der Waals surface area contributed by atoms with Gasteiger partial charge in [0.2, 0.25) is 5.89 Å². The van der Waals surface area contributed by atoms with Crippen molar-refractivity contribution in [1.82, 2.24) is 20.4 Å². The van der Waals surface area contributed by atoms with Gasteiger partial charge in [-0.25, -0.2) is 0 Å². The van der Waals surface area contributed by atoms with Gasteiger partial charge in [-0.05, 0) is 11.6 Å². The van der Waals surface area contributed by atoms with E-state index in [-0.39, 0.29) is 0 Å². The van der Waals surface area contributed by atoms with Crippen molar-refractivity contribution in [2.24, 2.45) is 0 Å². The third-order valence-corrected chi connectivity index (χ3v) is 2.91. The van der Waals surface area contributed by atoms with Crippen molar-refractivity contribution in [2.75, 3.05) is 6.54 Å². The molecular weight excluding hydrogens is 228 g/mol. The fourth-order valence-electron chi connectivity index (χ4n) is 2.00. The quantitative estimate of drug-likeness (QED) is 0.670. The van der Waals surface area contributed by atoms with Gasteiger partial charge in [-0.2, -0.15) is 4.98 Å². The molecule has 3 rings (SSSR count). The summed E-state index contributed by atoms with van der Waals surface area (Å²) in [5.74, 6) is 0.668. The maximum absolute atomic E-state index is 4.93. The molecule has 5 heteroatoms. The van der Waals surface area contributed by atoms with Crippen LogP contribution in [-0.4, -0.2) is 21.7 Å². The zero-order chi connectivity index (χ0) is 12.2. The summed E-state index contributed by atoms with van der Waals surface area (Å²) in [7, 11) is 0. The number of aromatic amines is 1. The largest absolute Gasteiger partial charge is 0.361 e. The summed E-state index contributed by atoms with van der Waals surface area (Å²) in [5, 5.41) is 8.21. The minimum absolute atomic E-state index is 0.668. The second kappa shape index (κ2) is 5.01. The average Bonchev–Trinajstić information content (AvgIpc) is 3.04. The number of nitrogens with zero attached hydrogens (tertiary/aromatic N) is 2. The van der Waals surface area contributed by atoms with Crippen molar-refractivity contribution in [2.45, 2.75) is 13.0 Å². The van der Waals surface area contributed by atoms with Crippen molar-refractivity contribution >= 4 is 10.9 Å². The molecule has 92 valence electrons. The summed E-state index contributed by atoms with van der Waals surface area (Å²) in [4.78, 5) is 7.24. The Morgan fingerprint density at radius 3 is 3.11 bits per heavy atom. The van der Waals surface area contributed by atoms with Gasteiger partial charge in [-0.15, -0.1) is 0 Å². The van der Waals surface area contributed by atoms with E-state index < -0.39 is 0 Å². The molecule has 0 bridgehead atoms. The van der Waals surface area contributed by atoms with E-state index in [2.05, 4.69) is 38.6 Å². The Balaban J connectivity index is 1.57. The Morgan fingerprint density at radius 2 is 2.22 bits per heavy atom. The van der Waals surface area contributed by atoms with E-state index >= 15 is 0 Å². The highest BCUT2D eigenvalue weighted by Gasteiger charge is 2.02. The molecule has 0 spiro atoms. The minimum Gasteiger partial charge on any atom is -0.361 e. The molecule has 0 saturated heterocycles. The molecule has 2 N–H and O–H groups in total. The molecule has 0 aliphatic heterocycles. The molecule has 0 atom stereocenters. The van der Waals surface area contributed by atoms with Gasteiger partial charge in [0.05, 0.1) is 0 Å². The predicted octanol–water partition coefficient (Wildman–Crippen LogP) is 1.88. The van der Waals surface area contributed by atoms with Gasteiger partial charge in [0.15, 0.2) is 6.33 Å². The number of H-pyrrole nitrogens is 1. The van der Waals surface area contributed by atoms with E-state index in [0.717, 1.165) is 19.5 Å². The fraction of sp³-hybridized carbons (Fsp3) is 0.231. The smallest absolute Gasteiger partial charge is 0.227 e. The van der Waals surface area contributed by atoms with Crippen LogP contribution in [0.4, 0.5) is 0 Å². The van der Waals surface area contributed by atoms with E-state index in [9.17, 15) is 0 Å². The molecule has 0 radical (unpaired) electrons. The summed E-state index contributed by atoms with van der Waals surface area (Å²) < 4.78 is 4.93. The molecule has 5 nitrogen and oxygen atoms in total. The molecule has 0 unspecified atom stereocenters. The van der Waals surface area contributed by atoms with E-state index in [1.54, 1.807) is 0 Å². The van der Waals surface area contributed by atoms with Gasteiger partial charge in [0.25, 0.3) is 0 Å². The average molecular weight is 242 g/mol. The van der Waals surface area contributed by atoms with Gasteiger partial charge in [-0.1, -0.05) is 23.4 Å². The molecule has 18 heavy (non-hydrogen) atoms. The molecule has 2 aromatic heterocycles. The van der Waals surface area contributed by atoms with Gasteiger partial charge in [-0.3, -0.25) is 0 Å². The monoisotopic (exact) mass is 242 g/mol. The first-order valence-electron chi connectivity index (χ1n) is 5.95. The van der Waals surface area contributed by atoms with E-state index in [1.807, 2.05) is 12.3 Å². The number of hydrogen-bond acceptors (Lipinski definition) is 4. The highest BCUT2D eigenvalue weighted by atomic mass is 16.5. The fourth-order valence-corrected chi connectivity index (χ4v) is 2.00. The summed E-state index contributed by atoms with van der Waals surface area (Å²) in [5.41, 5.74) is 2.45. The van der Waals surface area contributed by atoms with Crippen LogP contribution in [0.1, 0.15) is 11.5 Å². The number of rotatable bonds is 5. The van der Waals surface area contributed by atoms with Crippen LogP contribution < -0.4 is 5.32 Å². The highest BCUT2D eigenvalue weighted by molar-refractivity contribution is 5.82. The zero-order valence-corrected chi connectivity index (χ0v) is 9.89. The number of benzene rings is 1. The lowest BCUT2D eigenvalue weighted by atomic mass is 10.2. The zero-order valence-electron chi connectivity index (χ0n) is 9.89.